The third-order valence-corrected chi connectivity index (χ3v) is 5.41. The van der Waals surface area contributed by atoms with Crippen LogP contribution in [0.15, 0.2) is 60.8 Å². The summed E-state index contributed by atoms with van der Waals surface area (Å²) in [6.07, 6.45) is 1.68. The molecule has 0 aliphatic carbocycles. The van der Waals surface area contributed by atoms with Crippen LogP contribution in [0.2, 0.25) is 0 Å². The normalized spacial score (nSPS) is 12.2. The first kappa shape index (κ1) is 18.0. The molecule has 0 bridgehead atoms. The molecule has 1 N–H and O–H groups in total. The molecule has 0 amide bonds. The van der Waals surface area contributed by atoms with Crippen LogP contribution in [0, 0.1) is 12.7 Å². The highest BCUT2D eigenvalue weighted by Gasteiger charge is 2.05. The zero-order valence-electron chi connectivity index (χ0n) is 12.9. The van der Waals surface area contributed by atoms with Gasteiger partial charge in [0.05, 0.1) is 26.5 Å². The molecule has 0 atom stereocenters. The van der Waals surface area contributed by atoms with Crippen molar-refractivity contribution in [2.45, 2.75) is 6.92 Å². The Morgan fingerprint density at radius 1 is 1.16 bits per heavy atom. The Kier molecular flexibility index (Phi) is 5.51. The van der Waals surface area contributed by atoms with Crippen molar-refractivity contribution in [2.75, 3.05) is 0 Å². The fourth-order valence-electron chi connectivity index (χ4n) is 2.01. The van der Waals surface area contributed by atoms with Crippen LogP contribution in [0.25, 0.3) is 0 Å². The Balaban J connectivity index is 1.98. The molecule has 0 unspecified atom stereocenters. The van der Waals surface area contributed by atoms with Crippen molar-refractivity contribution < 1.29 is 9.50 Å². The molecule has 8 heteroatoms. The second-order valence-corrected chi connectivity index (χ2v) is 7.68. The number of benzene rings is 2. The summed E-state index contributed by atoms with van der Waals surface area (Å²) >= 11 is 8.05. The molecule has 0 saturated heterocycles. The van der Waals surface area contributed by atoms with Crippen molar-refractivity contribution in [2.24, 2.45) is 10.1 Å². The molecule has 0 spiro atoms. The number of aromatic hydroxyl groups is 1. The molecule has 0 saturated carbocycles. The van der Waals surface area contributed by atoms with Crippen LogP contribution >= 0.6 is 43.2 Å². The molecule has 0 aliphatic heterocycles. The average Bonchev–Trinajstić information content (AvgIpc) is 2.92. The quantitative estimate of drug-likeness (QED) is 0.501. The monoisotopic (exact) mass is 483 g/mol. The van der Waals surface area contributed by atoms with Crippen LogP contribution in [0.3, 0.4) is 0 Å². The number of aromatic nitrogens is 1. The van der Waals surface area contributed by atoms with E-state index in [2.05, 4.69) is 42.0 Å². The highest BCUT2D eigenvalue weighted by Crippen LogP contribution is 2.32. The van der Waals surface area contributed by atoms with Crippen LogP contribution in [-0.2, 0) is 0 Å². The van der Waals surface area contributed by atoms with Gasteiger partial charge in [-0.05, 0) is 80.7 Å². The van der Waals surface area contributed by atoms with Gasteiger partial charge in [-0.2, -0.15) is 5.10 Å². The molecular weight excluding hydrogens is 473 g/mol. The van der Waals surface area contributed by atoms with Gasteiger partial charge in [-0.15, -0.1) is 11.3 Å². The van der Waals surface area contributed by atoms with Crippen molar-refractivity contribution in [1.29, 1.82) is 0 Å². The molecule has 0 aliphatic rings. The van der Waals surface area contributed by atoms with E-state index in [1.807, 2.05) is 12.3 Å². The lowest BCUT2D eigenvalue weighted by atomic mass is 10.2. The number of hydrogen-bond acceptors (Lipinski definition) is 4. The second-order valence-electron chi connectivity index (χ2n) is 5.14. The molecule has 0 fully saturated rings. The zero-order valence-corrected chi connectivity index (χ0v) is 16.9. The Labute approximate surface area is 164 Å². The van der Waals surface area contributed by atoms with Gasteiger partial charge in [-0.3, -0.25) is 0 Å². The number of nitrogens with zero attached hydrogens (tertiary/aromatic N) is 3. The number of aryl methyl sites for hydroxylation is 1. The van der Waals surface area contributed by atoms with E-state index < -0.39 is 0 Å². The van der Waals surface area contributed by atoms with Gasteiger partial charge < -0.3 is 5.11 Å². The zero-order chi connectivity index (χ0) is 18.0. The third-order valence-electron chi connectivity index (χ3n) is 3.26. The highest BCUT2D eigenvalue weighted by atomic mass is 79.9. The van der Waals surface area contributed by atoms with E-state index in [1.165, 1.54) is 23.5 Å². The van der Waals surface area contributed by atoms with Gasteiger partial charge in [0.25, 0.3) is 0 Å². The van der Waals surface area contributed by atoms with Gasteiger partial charge in [0.1, 0.15) is 11.6 Å². The molecule has 25 heavy (non-hydrogen) atoms. The lowest BCUT2D eigenvalue weighted by molar-refractivity contribution is 0.468. The minimum absolute atomic E-state index is 0.142. The van der Waals surface area contributed by atoms with Crippen LogP contribution in [-0.4, -0.2) is 16.0 Å². The van der Waals surface area contributed by atoms with Gasteiger partial charge in [0.15, 0.2) is 0 Å². The maximum Gasteiger partial charge on any atom is 0.211 e. The molecule has 1 aromatic heterocycles. The Morgan fingerprint density at radius 2 is 1.80 bits per heavy atom. The molecule has 4 nitrogen and oxygen atoms in total. The largest absolute Gasteiger partial charge is 0.506 e. The van der Waals surface area contributed by atoms with E-state index in [0.29, 0.717) is 19.4 Å². The number of thiazole rings is 1. The van der Waals surface area contributed by atoms with Crippen LogP contribution in [0.4, 0.5) is 10.1 Å². The molecule has 0 radical (unpaired) electrons. The second kappa shape index (κ2) is 7.63. The van der Waals surface area contributed by atoms with Crippen molar-refractivity contribution in [3.63, 3.8) is 0 Å². The molecule has 3 rings (SSSR count). The molecule has 1 heterocycles. The Hall–Kier alpha value is -1.77. The van der Waals surface area contributed by atoms with Crippen molar-refractivity contribution in [3.05, 3.63) is 72.6 Å². The summed E-state index contributed by atoms with van der Waals surface area (Å²) < 4.78 is 15.9. The predicted octanol–water partition coefficient (Wildman–Crippen LogP) is 5.34. The van der Waals surface area contributed by atoms with Crippen LogP contribution in [0.5, 0.6) is 5.75 Å². The minimum Gasteiger partial charge on any atom is -0.506 e. The first-order chi connectivity index (χ1) is 11.9. The minimum atomic E-state index is -0.296. The van der Waals surface area contributed by atoms with Gasteiger partial charge in [0.2, 0.25) is 4.80 Å². The third kappa shape index (κ3) is 4.26. The van der Waals surface area contributed by atoms with Crippen molar-refractivity contribution >= 4 is 55.1 Å². The Morgan fingerprint density at radius 3 is 2.44 bits per heavy atom. The van der Waals surface area contributed by atoms with E-state index in [9.17, 15) is 9.50 Å². The summed E-state index contributed by atoms with van der Waals surface area (Å²) in [5.41, 5.74) is 2.39. The van der Waals surface area contributed by atoms with Crippen LogP contribution in [0.1, 0.15) is 11.3 Å². The number of rotatable bonds is 3. The molecule has 128 valence electrons. The van der Waals surface area contributed by atoms with E-state index in [1.54, 1.807) is 35.2 Å². The maximum atomic E-state index is 13.0. The fraction of sp³-hybridized carbons (Fsp3) is 0.0588. The van der Waals surface area contributed by atoms with E-state index in [-0.39, 0.29) is 11.6 Å². The summed E-state index contributed by atoms with van der Waals surface area (Å²) in [6, 6.07) is 9.52. The lowest BCUT2D eigenvalue weighted by Gasteiger charge is -2.02. The number of phenolic OH excluding ortho intramolecular Hbond substituents is 1. The van der Waals surface area contributed by atoms with Gasteiger partial charge in [0, 0.05) is 5.38 Å². The number of halogens is 3. The van der Waals surface area contributed by atoms with E-state index in [4.69, 9.17) is 0 Å². The van der Waals surface area contributed by atoms with Gasteiger partial charge in [-0.1, -0.05) is 0 Å². The SMILES string of the molecule is Cc1csc(=Nc2ccc(F)cc2)n1N=Cc1cc(Br)c(O)c(Br)c1. The summed E-state index contributed by atoms with van der Waals surface area (Å²) in [6.45, 7) is 1.93. The summed E-state index contributed by atoms with van der Waals surface area (Å²) in [5, 5.41) is 16.2. The average molecular weight is 485 g/mol. The smallest absolute Gasteiger partial charge is 0.211 e. The predicted molar refractivity (Wildman–Crippen MR) is 105 cm³/mol. The molecular formula is C17H12Br2FN3OS. The first-order valence-corrected chi connectivity index (χ1v) is 9.60. The summed E-state index contributed by atoms with van der Waals surface area (Å²) in [7, 11) is 0. The fourth-order valence-corrected chi connectivity index (χ4v) is 4.06. The first-order valence-electron chi connectivity index (χ1n) is 7.14. The van der Waals surface area contributed by atoms with Crippen molar-refractivity contribution in [1.82, 2.24) is 4.68 Å². The maximum absolute atomic E-state index is 13.0. The standard InChI is InChI=1S/C17H12Br2FN3OS/c1-10-9-25-17(22-13-4-2-12(20)3-5-13)23(10)21-8-11-6-14(18)16(24)15(19)7-11/h2-9,24H,1H3. The molecule has 3 aromatic rings. The highest BCUT2D eigenvalue weighted by molar-refractivity contribution is 9.11. The summed E-state index contributed by atoms with van der Waals surface area (Å²) in [5.74, 6) is -0.154. The summed E-state index contributed by atoms with van der Waals surface area (Å²) in [4.78, 5) is 5.19. The van der Waals surface area contributed by atoms with Gasteiger partial charge >= 0.3 is 0 Å². The van der Waals surface area contributed by atoms with Gasteiger partial charge in [-0.25, -0.2) is 14.1 Å². The van der Waals surface area contributed by atoms with Crippen molar-refractivity contribution in [3.8, 4) is 5.75 Å². The Bertz CT molecular complexity index is 986. The number of hydrogen-bond donors (Lipinski definition) is 1. The molecule has 2 aromatic carbocycles. The lowest BCUT2D eigenvalue weighted by Crippen LogP contribution is -2.11. The topological polar surface area (TPSA) is 49.9 Å². The number of phenols is 1. The van der Waals surface area contributed by atoms with Crippen LogP contribution < -0.4 is 4.80 Å². The van der Waals surface area contributed by atoms with E-state index >= 15 is 0 Å². The van der Waals surface area contributed by atoms with E-state index in [0.717, 1.165) is 11.3 Å².